The Balaban J connectivity index is 1.24. The molecule has 0 aromatic carbocycles. The number of carbonyl (C=O) groups excluding carboxylic acids is 2. The zero-order chi connectivity index (χ0) is 21.9. The summed E-state index contributed by atoms with van der Waals surface area (Å²) in [7, 11) is 0. The summed E-state index contributed by atoms with van der Waals surface area (Å²) in [6, 6.07) is 5.60. The van der Waals surface area contributed by atoms with Crippen LogP contribution in [0.1, 0.15) is 60.3 Å². The van der Waals surface area contributed by atoms with E-state index < -0.39 is 0 Å². The van der Waals surface area contributed by atoms with Gasteiger partial charge in [-0.3, -0.25) is 19.5 Å². The second-order valence-corrected chi connectivity index (χ2v) is 9.14. The number of nitrogens with zero attached hydrogens (tertiary/aromatic N) is 6. The summed E-state index contributed by atoms with van der Waals surface area (Å²) in [5, 5.41) is 11.7. The summed E-state index contributed by atoms with van der Waals surface area (Å²) in [5.74, 6) is 1.69. The SMILES string of the molecule is O=C(NCC1CCCCC1)c1nnc2n1CCN1CCN(C(=O)Cc3ccccn3)C[C@H]21. The first-order valence-corrected chi connectivity index (χ1v) is 11.8. The molecule has 0 bridgehead atoms. The van der Waals surface area contributed by atoms with Crippen molar-refractivity contribution in [1.82, 2.24) is 34.9 Å². The van der Waals surface area contributed by atoms with Gasteiger partial charge in [0.15, 0.2) is 5.82 Å². The predicted octanol–water partition coefficient (Wildman–Crippen LogP) is 1.42. The second-order valence-electron chi connectivity index (χ2n) is 9.14. The lowest BCUT2D eigenvalue weighted by Crippen LogP contribution is -2.54. The van der Waals surface area contributed by atoms with Gasteiger partial charge in [-0.1, -0.05) is 25.3 Å². The minimum atomic E-state index is -0.137. The number of hydrogen-bond donors (Lipinski definition) is 1. The van der Waals surface area contributed by atoms with Gasteiger partial charge in [0.05, 0.1) is 12.5 Å². The van der Waals surface area contributed by atoms with Crippen LogP contribution < -0.4 is 5.32 Å². The molecule has 2 aromatic rings. The fourth-order valence-electron chi connectivity index (χ4n) is 5.21. The van der Waals surface area contributed by atoms with Gasteiger partial charge in [0.2, 0.25) is 11.7 Å². The molecular formula is C23H31N7O2. The first-order valence-electron chi connectivity index (χ1n) is 11.8. The van der Waals surface area contributed by atoms with E-state index in [2.05, 4.69) is 25.4 Å². The highest BCUT2D eigenvalue weighted by Crippen LogP contribution is 2.29. The van der Waals surface area contributed by atoms with Gasteiger partial charge in [-0.15, -0.1) is 10.2 Å². The van der Waals surface area contributed by atoms with Gasteiger partial charge in [0.1, 0.15) is 0 Å². The van der Waals surface area contributed by atoms with Crippen molar-refractivity contribution in [1.29, 1.82) is 0 Å². The Morgan fingerprint density at radius 1 is 1.03 bits per heavy atom. The lowest BCUT2D eigenvalue weighted by molar-refractivity contribution is -0.134. The number of piperazine rings is 1. The first kappa shape index (κ1) is 21.1. The Kier molecular flexibility index (Phi) is 6.16. The summed E-state index contributed by atoms with van der Waals surface area (Å²) in [4.78, 5) is 34.2. The lowest BCUT2D eigenvalue weighted by Gasteiger charge is -2.43. The smallest absolute Gasteiger partial charge is 0.289 e. The Hall–Kier alpha value is -2.81. The third kappa shape index (κ3) is 4.39. The molecule has 1 atom stereocenters. The molecule has 0 spiro atoms. The normalized spacial score (nSPS) is 21.6. The predicted molar refractivity (Wildman–Crippen MR) is 118 cm³/mol. The summed E-state index contributed by atoms with van der Waals surface area (Å²) in [6.07, 6.45) is 8.22. The van der Waals surface area contributed by atoms with E-state index in [0.717, 1.165) is 24.6 Å². The van der Waals surface area contributed by atoms with Gasteiger partial charge in [0.25, 0.3) is 5.91 Å². The third-order valence-electron chi connectivity index (χ3n) is 7.07. The number of carbonyl (C=O) groups is 2. The summed E-state index contributed by atoms with van der Waals surface area (Å²) in [6.45, 7) is 4.31. The molecule has 2 amide bonds. The van der Waals surface area contributed by atoms with Gasteiger partial charge in [-0.25, -0.2) is 0 Å². The van der Waals surface area contributed by atoms with Crippen molar-refractivity contribution in [3.8, 4) is 0 Å². The Morgan fingerprint density at radius 2 is 1.88 bits per heavy atom. The standard InChI is InChI=1S/C23H31N7O2/c31-20(14-18-8-4-5-9-24-18)29-11-10-28-12-13-30-21(19(28)16-29)26-27-22(30)23(32)25-15-17-6-2-1-3-7-17/h4-5,8-9,17,19H,1-3,6-7,10-16H2,(H,25,32)/t19-/m1/s1. The van der Waals surface area contributed by atoms with Crippen molar-refractivity contribution in [3.05, 3.63) is 41.7 Å². The molecule has 2 fully saturated rings. The molecule has 2 aromatic heterocycles. The largest absolute Gasteiger partial charge is 0.349 e. The van der Waals surface area contributed by atoms with E-state index >= 15 is 0 Å². The number of aromatic nitrogens is 4. The van der Waals surface area contributed by atoms with Gasteiger partial charge >= 0.3 is 0 Å². The minimum absolute atomic E-state index is 0.0300. The summed E-state index contributed by atoms with van der Waals surface area (Å²) in [5.41, 5.74) is 0.781. The topological polar surface area (TPSA) is 96.3 Å². The van der Waals surface area contributed by atoms with Crippen LogP contribution in [-0.2, 0) is 17.8 Å². The molecule has 1 aliphatic carbocycles. The quantitative estimate of drug-likeness (QED) is 0.760. The zero-order valence-corrected chi connectivity index (χ0v) is 18.4. The van der Waals surface area contributed by atoms with Crippen LogP contribution in [0.5, 0.6) is 0 Å². The van der Waals surface area contributed by atoms with E-state index in [9.17, 15) is 9.59 Å². The van der Waals surface area contributed by atoms with Crippen LogP contribution in [0.15, 0.2) is 24.4 Å². The molecule has 9 nitrogen and oxygen atoms in total. The highest BCUT2D eigenvalue weighted by atomic mass is 16.2. The molecule has 0 unspecified atom stereocenters. The highest BCUT2D eigenvalue weighted by molar-refractivity contribution is 5.90. The van der Waals surface area contributed by atoms with Gasteiger partial charge in [0, 0.05) is 51.2 Å². The number of nitrogens with one attached hydrogen (secondary N) is 1. The van der Waals surface area contributed by atoms with Crippen molar-refractivity contribution < 1.29 is 9.59 Å². The maximum absolute atomic E-state index is 12.9. The van der Waals surface area contributed by atoms with Crippen LogP contribution >= 0.6 is 0 Å². The Labute approximate surface area is 188 Å². The molecule has 0 radical (unpaired) electrons. The molecule has 2 aliphatic heterocycles. The highest BCUT2D eigenvalue weighted by Gasteiger charge is 2.38. The van der Waals surface area contributed by atoms with Crippen LogP contribution in [-0.4, -0.2) is 74.1 Å². The van der Waals surface area contributed by atoms with Crippen LogP contribution in [0.2, 0.25) is 0 Å². The van der Waals surface area contributed by atoms with Gasteiger partial charge < -0.3 is 14.8 Å². The average molecular weight is 438 g/mol. The number of hydrogen-bond acceptors (Lipinski definition) is 6. The minimum Gasteiger partial charge on any atom is -0.349 e. The molecule has 9 heteroatoms. The number of rotatable bonds is 5. The molecule has 3 aliphatic rings. The van der Waals surface area contributed by atoms with Crippen LogP contribution in [0.3, 0.4) is 0 Å². The number of amides is 2. The average Bonchev–Trinajstić information content (AvgIpc) is 3.28. The lowest BCUT2D eigenvalue weighted by atomic mass is 9.89. The zero-order valence-electron chi connectivity index (χ0n) is 18.4. The molecule has 32 heavy (non-hydrogen) atoms. The van der Waals surface area contributed by atoms with E-state index in [1.54, 1.807) is 6.20 Å². The number of pyridine rings is 1. The van der Waals surface area contributed by atoms with Gasteiger partial charge in [-0.05, 0) is 30.9 Å². The monoisotopic (exact) mass is 437 g/mol. The second kappa shape index (κ2) is 9.36. The maximum Gasteiger partial charge on any atom is 0.289 e. The van der Waals surface area contributed by atoms with Crippen LogP contribution in [0, 0.1) is 5.92 Å². The molecule has 4 heterocycles. The molecule has 170 valence electrons. The summed E-state index contributed by atoms with van der Waals surface area (Å²) < 4.78 is 1.95. The van der Waals surface area contributed by atoms with Crippen molar-refractivity contribution >= 4 is 11.8 Å². The van der Waals surface area contributed by atoms with E-state index in [0.29, 0.717) is 44.3 Å². The maximum atomic E-state index is 12.9. The fraction of sp³-hybridized carbons (Fsp3) is 0.609. The molecule has 1 saturated heterocycles. The van der Waals surface area contributed by atoms with Crippen molar-refractivity contribution in [3.63, 3.8) is 0 Å². The van der Waals surface area contributed by atoms with Crippen LogP contribution in [0.25, 0.3) is 0 Å². The van der Waals surface area contributed by atoms with Crippen molar-refractivity contribution in [2.75, 3.05) is 32.7 Å². The third-order valence-corrected chi connectivity index (χ3v) is 7.07. The molecular weight excluding hydrogens is 406 g/mol. The number of fused-ring (bicyclic) bond motifs is 3. The van der Waals surface area contributed by atoms with Gasteiger partial charge in [-0.2, -0.15) is 0 Å². The van der Waals surface area contributed by atoms with E-state index in [1.807, 2.05) is 27.7 Å². The molecule has 1 N–H and O–H groups in total. The van der Waals surface area contributed by atoms with E-state index in [4.69, 9.17) is 0 Å². The first-order chi connectivity index (χ1) is 15.7. The van der Waals surface area contributed by atoms with E-state index in [1.165, 1.54) is 32.1 Å². The molecule has 1 saturated carbocycles. The van der Waals surface area contributed by atoms with Crippen LogP contribution in [0.4, 0.5) is 0 Å². The fourth-order valence-corrected chi connectivity index (χ4v) is 5.21. The Morgan fingerprint density at radius 3 is 2.69 bits per heavy atom. The van der Waals surface area contributed by atoms with Crippen molar-refractivity contribution in [2.24, 2.45) is 5.92 Å². The Bertz CT molecular complexity index is 955. The van der Waals surface area contributed by atoms with E-state index in [-0.39, 0.29) is 17.9 Å². The summed E-state index contributed by atoms with van der Waals surface area (Å²) >= 11 is 0. The van der Waals surface area contributed by atoms with Crippen molar-refractivity contribution in [2.45, 2.75) is 51.1 Å². The molecule has 5 rings (SSSR count).